The summed E-state index contributed by atoms with van der Waals surface area (Å²) in [5.74, 6) is -1.14. The van der Waals surface area contributed by atoms with Crippen molar-refractivity contribution in [3.63, 3.8) is 0 Å². The van der Waals surface area contributed by atoms with Crippen LogP contribution in [0.2, 0.25) is 0 Å². The second-order valence-corrected chi connectivity index (χ2v) is 5.66. The Kier molecular flexibility index (Phi) is 11.9. The van der Waals surface area contributed by atoms with E-state index in [1.807, 2.05) is 0 Å². The number of carboxylic acid groups (broad SMARTS) is 1. The molecule has 0 fully saturated rings. The van der Waals surface area contributed by atoms with Crippen LogP contribution in [0.4, 0.5) is 0 Å². The Hall–Kier alpha value is -1.14. The molecule has 124 valence electrons. The topological polar surface area (TPSA) is 104 Å². The maximum atomic E-state index is 11.7. The molecule has 1 atom stereocenters. The summed E-state index contributed by atoms with van der Waals surface area (Å²) in [7, 11) is 0. The van der Waals surface area contributed by atoms with E-state index >= 15 is 0 Å². The summed E-state index contributed by atoms with van der Waals surface area (Å²) in [5, 5.41) is 15.0. The van der Waals surface area contributed by atoms with Crippen LogP contribution in [0.5, 0.6) is 0 Å². The van der Waals surface area contributed by atoms with E-state index in [-0.39, 0.29) is 5.91 Å². The Morgan fingerprint density at radius 3 is 2.38 bits per heavy atom. The summed E-state index contributed by atoms with van der Waals surface area (Å²) in [5.41, 5.74) is 5.38. The second-order valence-electron chi connectivity index (χ2n) is 5.66. The van der Waals surface area contributed by atoms with Gasteiger partial charge in [0.2, 0.25) is 5.91 Å². The van der Waals surface area contributed by atoms with Gasteiger partial charge in [0.15, 0.2) is 0 Å². The zero-order valence-electron chi connectivity index (χ0n) is 13.4. The molecule has 6 nitrogen and oxygen atoms in total. The third kappa shape index (κ3) is 12.3. The van der Waals surface area contributed by atoms with Crippen molar-refractivity contribution < 1.29 is 14.7 Å². The Balaban J connectivity index is 3.75. The summed E-state index contributed by atoms with van der Waals surface area (Å²) < 4.78 is 0. The number of carboxylic acids is 1. The van der Waals surface area contributed by atoms with Gasteiger partial charge in [0.25, 0.3) is 0 Å². The summed E-state index contributed by atoms with van der Waals surface area (Å²) in [6.07, 6.45) is 5.12. The molecule has 1 unspecified atom stereocenters. The SMILES string of the molecule is CC(C)NCCCCCC(=O)NC(CCCCN)C(=O)O. The first-order valence-electron chi connectivity index (χ1n) is 7.93. The van der Waals surface area contributed by atoms with Gasteiger partial charge >= 0.3 is 5.97 Å². The van der Waals surface area contributed by atoms with Crippen LogP contribution in [0.3, 0.4) is 0 Å². The Labute approximate surface area is 127 Å². The van der Waals surface area contributed by atoms with E-state index in [4.69, 9.17) is 10.8 Å². The molecule has 21 heavy (non-hydrogen) atoms. The van der Waals surface area contributed by atoms with E-state index in [1.165, 1.54) is 0 Å². The molecule has 5 N–H and O–H groups in total. The van der Waals surface area contributed by atoms with Crippen LogP contribution in [0.25, 0.3) is 0 Å². The van der Waals surface area contributed by atoms with Crippen LogP contribution in [0, 0.1) is 0 Å². The number of hydrogen-bond acceptors (Lipinski definition) is 4. The minimum absolute atomic E-state index is 0.174. The minimum atomic E-state index is -0.971. The third-order valence-electron chi connectivity index (χ3n) is 3.21. The highest BCUT2D eigenvalue weighted by Crippen LogP contribution is 2.04. The molecule has 0 radical (unpaired) electrons. The lowest BCUT2D eigenvalue weighted by molar-refractivity contribution is -0.142. The first-order chi connectivity index (χ1) is 9.97. The highest BCUT2D eigenvalue weighted by molar-refractivity contribution is 5.83. The predicted molar refractivity (Wildman–Crippen MR) is 84.1 cm³/mol. The van der Waals surface area contributed by atoms with E-state index < -0.39 is 12.0 Å². The van der Waals surface area contributed by atoms with Crippen molar-refractivity contribution in [2.75, 3.05) is 13.1 Å². The number of carbonyl (C=O) groups excluding carboxylic acids is 1. The maximum absolute atomic E-state index is 11.7. The van der Waals surface area contributed by atoms with Gasteiger partial charge in [-0.15, -0.1) is 0 Å². The van der Waals surface area contributed by atoms with Crippen molar-refractivity contribution in [2.45, 2.75) is 70.9 Å². The average molecular weight is 301 g/mol. The maximum Gasteiger partial charge on any atom is 0.326 e. The molecular formula is C15H31N3O3. The summed E-state index contributed by atoms with van der Waals surface area (Å²) in [6, 6.07) is -0.301. The molecule has 1 amide bonds. The zero-order chi connectivity index (χ0) is 16.1. The fraction of sp³-hybridized carbons (Fsp3) is 0.867. The van der Waals surface area contributed by atoms with Crippen LogP contribution < -0.4 is 16.4 Å². The van der Waals surface area contributed by atoms with Crippen molar-refractivity contribution in [3.8, 4) is 0 Å². The molecular weight excluding hydrogens is 270 g/mol. The average Bonchev–Trinajstić information content (AvgIpc) is 2.41. The van der Waals surface area contributed by atoms with Gasteiger partial charge < -0.3 is 21.5 Å². The molecule has 0 aliphatic carbocycles. The summed E-state index contributed by atoms with van der Waals surface area (Å²) in [6.45, 7) is 5.70. The van der Waals surface area contributed by atoms with Crippen LogP contribution in [0.1, 0.15) is 58.8 Å². The Morgan fingerprint density at radius 2 is 1.81 bits per heavy atom. The smallest absolute Gasteiger partial charge is 0.326 e. The van der Waals surface area contributed by atoms with Gasteiger partial charge in [-0.2, -0.15) is 0 Å². The molecule has 0 saturated heterocycles. The lowest BCUT2D eigenvalue weighted by Crippen LogP contribution is -2.40. The summed E-state index contributed by atoms with van der Waals surface area (Å²) >= 11 is 0. The normalized spacial score (nSPS) is 12.4. The molecule has 0 bridgehead atoms. The number of unbranched alkanes of at least 4 members (excludes halogenated alkanes) is 3. The van der Waals surface area contributed by atoms with E-state index in [2.05, 4.69) is 24.5 Å². The third-order valence-corrected chi connectivity index (χ3v) is 3.21. The number of carbonyl (C=O) groups is 2. The largest absolute Gasteiger partial charge is 0.480 e. The van der Waals surface area contributed by atoms with Gasteiger partial charge in [0.1, 0.15) is 6.04 Å². The number of rotatable bonds is 13. The van der Waals surface area contributed by atoms with Gasteiger partial charge in [-0.3, -0.25) is 4.79 Å². The van der Waals surface area contributed by atoms with Crippen molar-refractivity contribution >= 4 is 11.9 Å². The van der Waals surface area contributed by atoms with Crippen molar-refractivity contribution in [2.24, 2.45) is 5.73 Å². The van der Waals surface area contributed by atoms with Crippen LogP contribution >= 0.6 is 0 Å². The molecule has 0 spiro atoms. The van der Waals surface area contributed by atoms with Gasteiger partial charge in [0, 0.05) is 12.5 Å². The Morgan fingerprint density at radius 1 is 1.10 bits per heavy atom. The predicted octanol–water partition coefficient (Wildman–Crippen LogP) is 1.24. The first kappa shape index (κ1) is 19.9. The van der Waals surface area contributed by atoms with Gasteiger partial charge in [0.05, 0.1) is 0 Å². The number of nitrogens with one attached hydrogen (secondary N) is 2. The molecule has 0 aromatic heterocycles. The quantitative estimate of drug-likeness (QED) is 0.383. The molecule has 0 aliphatic heterocycles. The number of nitrogens with two attached hydrogens (primary N) is 1. The standard InChI is InChI=1S/C15H31N3O3/c1-12(2)17-11-7-3-4-9-14(19)18-13(15(20)21)8-5-6-10-16/h12-13,17H,3-11,16H2,1-2H3,(H,18,19)(H,20,21). The van der Waals surface area contributed by atoms with E-state index in [1.54, 1.807) is 0 Å². The van der Waals surface area contributed by atoms with E-state index in [0.29, 0.717) is 31.8 Å². The van der Waals surface area contributed by atoms with Crippen LogP contribution in [0.15, 0.2) is 0 Å². The van der Waals surface area contributed by atoms with Crippen LogP contribution in [-0.2, 0) is 9.59 Å². The first-order valence-corrected chi connectivity index (χ1v) is 7.93. The molecule has 6 heteroatoms. The van der Waals surface area contributed by atoms with Gasteiger partial charge in [-0.1, -0.05) is 20.3 Å². The number of amides is 1. The van der Waals surface area contributed by atoms with E-state index in [9.17, 15) is 9.59 Å². The molecule has 0 saturated carbocycles. The number of hydrogen-bond donors (Lipinski definition) is 4. The fourth-order valence-electron chi connectivity index (χ4n) is 1.99. The minimum Gasteiger partial charge on any atom is -0.480 e. The van der Waals surface area contributed by atoms with Crippen molar-refractivity contribution in [1.82, 2.24) is 10.6 Å². The van der Waals surface area contributed by atoms with Gasteiger partial charge in [-0.25, -0.2) is 4.79 Å². The summed E-state index contributed by atoms with van der Waals surface area (Å²) in [4.78, 5) is 22.8. The van der Waals surface area contributed by atoms with Crippen molar-refractivity contribution in [1.29, 1.82) is 0 Å². The second kappa shape index (κ2) is 12.6. The zero-order valence-corrected chi connectivity index (χ0v) is 13.4. The molecule has 0 aromatic carbocycles. The van der Waals surface area contributed by atoms with E-state index in [0.717, 1.165) is 32.2 Å². The van der Waals surface area contributed by atoms with Gasteiger partial charge in [-0.05, 0) is 45.2 Å². The number of aliphatic carboxylic acids is 1. The van der Waals surface area contributed by atoms with Crippen LogP contribution in [-0.4, -0.2) is 42.2 Å². The Bertz CT molecular complexity index is 296. The monoisotopic (exact) mass is 301 g/mol. The lowest BCUT2D eigenvalue weighted by Gasteiger charge is -2.14. The lowest BCUT2D eigenvalue weighted by atomic mass is 10.1. The molecule has 0 aromatic rings. The molecule has 0 aliphatic rings. The molecule has 0 rings (SSSR count). The van der Waals surface area contributed by atoms with Crippen molar-refractivity contribution in [3.05, 3.63) is 0 Å². The highest BCUT2D eigenvalue weighted by atomic mass is 16.4. The molecule has 0 heterocycles. The highest BCUT2D eigenvalue weighted by Gasteiger charge is 2.18. The fourth-order valence-corrected chi connectivity index (χ4v) is 1.99.